The summed E-state index contributed by atoms with van der Waals surface area (Å²) >= 11 is 0. The minimum atomic E-state index is -0.308. The maximum absolute atomic E-state index is 13.4. The number of carbonyl (C=O) groups excluding carboxylic acids is 1. The van der Waals surface area contributed by atoms with E-state index in [0.29, 0.717) is 29.3 Å². The lowest BCUT2D eigenvalue weighted by Gasteiger charge is -2.38. The number of carbonyl (C=O) groups is 1. The topological polar surface area (TPSA) is 75.4 Å². The molecule has 3 aromatic rings. The van der Waals surface area contributed by atoms with E-state index < -0.39 is 0 Å². The highest BCUT2D eigenvalue weighted by molar-refractivity contribution is 5.98. The van der Waals surface area contributed by atoms with E-state index in [1.54, 1.807) is 12.1 Å². The molecule has 5 rings (SSSR count). The molecule has 2 fully saturated rings. The smallest absolute Gasteiger partial charge is 0.263 e. The molecular formula is C23H26FN5O2. The van der Waals surface area contributed by atoms with Crippen LogP contribution in [0.15, 0.2) is 35.1 Å². The predicted molar refractivity (Wildman–Crippen MR) is 115 cm³/mol. The maximum Gasteiger partial charge on any atom is 0.263 e. The first-order chi connectivity index (χ1) is 15.1. The number of amides is 1. The average Bonchev–Trinajstić information content (AvgIpc) is 3.23. The van der Waals surface area contributed by atoms with Crippen molar-refractivity contribution < 1.29 is 13.7 Å². The van der Waals surface area contributed by atoms with Crippen LogP contribution in [0.25, 0.3) is 22.4 Å². The first kappa shape index (κ1) is 19.9. The van der Waals surface area contributed by atoms with Gasteiger partial charge in [-0.15, -0.1) is 0 Å². The Hall–Kier alpha value is -3.03. The lowest BCUT2D eigenvalue weighted by atomic mass is 9.93. The van der Waals surface area contributed by atoms with Crippen LogP contribution < -0.4 is 4.90 Å². The average molecular weight is 423 g/mol. The van der Waals surface area contributed by atoms with Crippen molar-refractivity contribution in [3.8, 4) is 11.3 Å². The van der Waals surface area contributed by atoms with Gasteiger partial charge in [0.2, 0.25) is 5.91 Å². The molecule has 2 aromatic heterocycles. The Bertz CT molecular complexity index is 1080. The van der Waals surface area contributed by atoms with Gasteiger partial charge in [-0.25, -0.2) is 9.37 Å². The molecule has 1 amide bonds. The molecule has 0 aliphatic carbocycles. The summed E-state index contributed by atoms with van der Waals surface area (Å²) in [6, 6.07) is 6.13. The van der Waals surface area contributed by atoms with Crippen LogP contribution in [0.2, 0.25) is 0 Å². The molecule has 0 radical (unpaired) electrons. The van der Waals surface area contributed by atoms with E-state index in [1.807, 2.05) is 4.90 Å². The first-order valence-corrected chi connectivity index (χ1v) is 11.0. The van der Waals surface area contributed by atoms with Gasteiger partial charge in [-0.2, -0.15) is 4.98 Å². The van der Waals surface area contributed by atoms with Gasteiger partial charge in [0.25, 0.3) is 5.71 Å². The third-order valence-electron chi connectivity index (χ3n) is 6.41. The summed E-state index contributed by atoms with van der Waals surface area (Å²) in [4.78, 5) is 26.2. The fourth-order valence-corrected chi connectivity index (χ4v) is 4.84. The van der Waals surface area contributed by atoms with Crippen LogP contribution in [-0.4, -0.2) is 52.1 Å². The number of likely N-dealkylation sites (tertiary alicyclic amines) is 1. The Morgan fingerprint density at radius 2 is 1.90 bits per heavy atom. The highest BCUT2D eigenvalue weighted by Crippen LogP contribution is 2.35. The van der Waals surface area contributed by atoms with Crippen LogP contribution in [0, 0.1) is 17.7 Å². The van der Waals surface area contributed by atoms with Gasteiger partial charge in [-0.05, 0) is 55.9 Å². The number of fused-ring (bicyclic) bond motifs is 1. The fraction of sp³-hybridized carbons (Fsp3) is 0.478. The lowest BCUT2D eigenvalue weighted by Crippen LogP contribution is -2.48. The number of nitrogens with zero attached hydrogens (tertiary/aromatic N) is 5. The second-order valence-electron chi connectivity index (χ2n) is 8.73. The van der Waals surface area contributed by atoms with Crippen LogP contribution in [0.3, 0.4) is 0 Å². The Kier molecular flexibility index (Phi) is 5.29. The summed E-state index contributed by atoms with van der Waals surface area (Å²) in [5.41, 5.74) is 1.72. The maximum atomic E-state index is 13.4. The van der Waals surface area contributed by atoms with Crippen molar-refractivity contribution in [1.29, 1.82) is 0 Å². The van der Waals surface area contributed by atoms with Crippen molar-refractivity contribution in [2.24, 2.45) is 11.8 Å². The molecular weight excluding hydrogens is 397 g/mol. The molecule has 0 bridgehead atoms. The van der Waals surface area contributed by atoms with Crippen molar-refractivity contribution >= 4 is 22.8 Å². The summed E-state index contributed by atoms with van der Waals surface area (Å²) in [6.07, 6.45) is 5.55. The summed E-state index contributed by atoms with van der Waals surface area (Å²) < 4.78 is 18.8. The molecule has 0 N–H and O–H groups in total. The number of aromatic nitrogens is 3. The Balaban J connectivity index is 1.44. The molecule has 2 aliphatic rings. The van der Waals surface area contributed by atoms with Crippen molar-refractivity contribution in [3.05, 3.63) is 36.4 Å². The van der Waals surface area contributed by atoms with Gasteiger partial charge in [0.15, 0.2) is 0 Å². The minimum Gasteiger partial charge on any atom is -0.355 e. The normalized spacial score (nSPS) is 22.1. The number of rotatable bonds is 3. The lowest BCUT2D eigenvalue weighted by molar-refractivity contribution is -0.137. The standard InChI is InChI=1S/C23H26FN5O2/c1-15-4-2-11-29(12-15)23(30)17-5-3-10-28(13-17)21-19-20(16-6-8-18(24)9-7-16)27-31-22(19)26-14-25-21/h6-9,14-15,17H,2-5,10-13H2,1H3/t15-,17-/m0/s1. The Morgan fingerprint density at radius 3 is 2.71 bits per heavy atom. The summed E-state index contributed by atoms with van der Waals surface area (Å²) in [7, 11) is 0. The molecule has 7 nitrogen and oxygen atoms in total. The number of halogens is 1. The second kappa shape index (κ2) is 8.24. The molecule has 0 unspecified atom stereocenters. The van der Waals surface area contributed by atoms with E-state index >= 15 is 0 Å². The highest BCUT2D eigenvalue weighted by atomic mass is 19.1. The van der Waals surface area contributed by atoms with E-state index in [4.69, 9.17) is 4.52 Å². The van der Waals surface area contributed by atoms with Gasteiger partial charge in [-0.3, -0.25) is 4.79 Å². The molecule has 8 heteroatoms. The van der Waals surface area contributed by atoms with Gasteiger partial charge < -0.3 is 14.3 Å². The van der Waals surface area contributed by atoms with Gasteiger partial charge in [0.1, 0.15) is 29.0 Å². The third-order valence-corrected chi connectivity index (χ3v) is 6.41. The zero-order chi connectivity index (χ0) is 21.4. The first-order valence-electron chi connectivity index (χ1n) is 11.0. The van der Waals surface area contributed by atoms with Gasteiger partial charge >= 0.3 is 0 Å². The van der Waals surface area contributed by atoms with Crippen LogP contribution in [0.1, 0.15) is 32.6 Å². The quantitative estimate of drug-likeness (QED) is 0.636. The van der Waals surface area contributed by atoms with Gasteiger partial charge in [-0.1, -0.05) is 12.1 Å². The molecule has 4 heterocycles. The van der Waals surface area contributed by atoms with Crippen molar-refractivity contribution in [2.75, 3.05) is 31.1 Å². The van der Waals surface area contributed by atoms with Gasteiger partial charge in [0, 0.05) is 31.7 Å². The predicted octanol–water partition coefficient (Wildman–Crippen LogP) is 3.90. The van der Waals surface area contributed by atoms with E-state index in [9.17, 15) is 9.18 Å². The van der Waals surface area contributed by atoms with E-state index in [-0.39, 0.29) is 17.6 Å². The summed E-state index contributed by atoms with van der Waals surface area (Å²) in [5.74, 6) is 1.19. The molecule has 0 saturated carbocycles. The monoisotopic (exact) mass is 423 g/mol. The fourth-order valence-electron chi connectivity index (χ4n) is 4.84. The molecule has 31 heavy (non-hydrogen) atoms. The number of anilines is 1. The highest BCUT2D eigenvalue weighted by Gasteiger charge is 2.33. The minimum absolute atomic E-state index is 0.0433. The van der Waals surface area contributed by atoms with Crippen molar-refractivity contribution in [2.45, 2.75) is 32.6 Å². The zero-order valence-electron chi connectivity index (χ0n) is 17.6. The molecule has 2 saturated heterocycles. The summed E-state index contributed by atoms with van der Waals surface area (Å²) in [5, 5.41) is 4.89. The SMILES string of the molecule is C[C@H]1CCCN(C(=O)[C@H]2CCCN(c3ncnc4onc(-c5ccc(F)cc5)c34)C2)C1. The van der Waals surface area contributed by atoms with Crippen LogP contribution >= 0.6 is 0 Å². The van der Waals surface area contributed by atoms with Crippen LogP contribution in [0.4, 0.5) is 10.2 Å². The number of benzene rings is 1. The van der Waals surface area contributed by atoms with E-state index in [2.05, 4.69) is 26.9 Å². The van der Waals surface area contributed by atoms with Crippen molar-refractivity contribution in [1.82, 2.24) is 20.0 Å². The zero-order valence-corrected chi connectivity index (χ0v) is 17.6. The molecule has 1 aromatic carbocycles. The second-order valence-corrected chi connectivity index (χ2v) is 8.73. The number of piperidine rings is 2. The largest absolute Gasteiger partial charge is 0.355 e. The molecule has 2 aliphatic heterocycles. The molecule has 162 valence electrons. The van der Waals surface area contributed by atoms with Crippen molar-refractivity contribution in [3.63, 3.8) is 0 Å². The number of hydrogen-bond donors (Lipinski definition) is 0. The summed E-state index contributed by atoms with van der Waals surface area (Å²) in [6.45, 7) is 5.35. The third kappa shape index (κ3) is 3.86. The van der Waals surface area contributed by atoms with E-state index in [1.165, 1.54) is 24.9 Å². The Labute approximate surface area is 180 Å². The molecule has 0 spiro atoms. The van der Waals surface area contributed by atoms with Gasteiger partial charge in [0.05, 0.1) is 5.92 Å². The van der Waals surface area contributed by atoms with E-state index in [0.717, 1.165) is 50.3 Å². The number of hydrogen-bond acceptors (Lipinski definition) is 6. The van der Waals surface area contributed by atoms with Crippen LogP contribution in [0.5, 0.6) is 0 Å². The molecule has 2 atom stereocenters. The Morgan fingerprint density at radius 1 is 1.10 bits per heavy atom. The van der Waals surface area contributed by atoms with Crippen LogP contribution in [-0.2, 0) is 4.79 Å².